The van der Waals surface area contributed by atoms with Gasteiger partial charge in [-0.2, -0.15) is 0 Å². The second kappa shape index (κ2) is 10.3. The highest BCUT2D eigenvalue weighted by molar-refractivity contribution is 6.42. The van der Waals surface area contributed by atoms with E-state index in [0.717, 1.165) is 5.57 Å². The molecule has 1 rings (SSSR count). The number of amides is 1. The van der Waals surface area contributed by atoms with Gasteiger partial charge in [-0.05, 0) is 38.1 Å². The standard InChI is InChI=1S/C15H15Cl2NO.C2H6/c1-4-10(2)5-6-11(3)18-15(19)12-7-8-13(16)14(17)9-12;1-2/h4-9H,3H2,1-2H3,(H,18,19);1-2H3/b6-5-,10-4-;. The summed E-state index contributed by atoms with van der Waals surface area (Å²) in [5, 5.41) is 3.44. The first-order chi connectivity index (χ1) is 9.93. The summed E-state index contributed by atoms with van der Waals surface area (Å²) in [6.45, 7) is 11.7. The van der Waals surface area contributed by atoms with Gasteiger partial charge < -0.3 is 5.32 Å². The number of hydrogen-bond donors (Lipinski definition) is 1. The maximum Gasteiger partial charge on any atom is 0.255 e. The van der Waals surface area contributed by atoms with E-state index in [1.54, 1.807) is 18.2 Å². The normalized spacial score (nSPS) is 10.9. The van der Waals surface area contributed by atoms with Crippen molar-refractivity contribution in [3.63, 3.8) is 0 Å². The molecule has 0 aliphatic carbocycles. The molecule has 1 aromatic rings. The van der Waals surface area contributed by atoms with Gasteiger partial charge in [-0.1, -0.05) is 61.4 Å². The van der Waals surface area contributed by atoms with Crippen molar-refractivity contribution in [2.75, 3.05) is 0 Å². The molecule has 1 amide bonds. The van der Waals surface area contributed by atoms with Crippen LogP contribution < -0.4 is 5.32 Å². The third kappa shape index (κ3) is 7.16. The molecule has 2 nitrogen and oxygen atoms in total. The quantitative estimate of drug-likeness (QED) is 0.698. The lowest BCUT2D eigenvalue weighted by Crippen LogP contribution is -2.21. The lowest BCUT2D eigenvalue weighted by molar-refractivity contribution is 0.0967. The summed E-state index contributed by atoms with van der Waals surface area (Å²) in [7, 11) is 0. The van der Waals surface area contributed by atoms with Gasteiger partial charge in [0.1, 0.15) is 0 Å². The molecular formula is C17H21Cl2NO. The fraction of sp³-hybridized carbons (Fsp3) is 0.235. The molecule has 0 atom stereocenters. The summed E-state index contributed by atoms with van der Waals surface area (Å²) in [5.41, 5.74) is 2.04. The first kappa shape index (κ1) is 19.5. The van der Waals surface area contributed by atoms with E-state index < -0.39 is 0 Å². The van der Waals surface area contributed by atoms with E-state index in [2.05, 4.69) is 11.9 Å². The Hall–Kier alpha value is -1.51. The van der Waals surface area contributed by atoms with Crippen molar-refractivity contribution in [1.82, 2.24) is 5.32 Å². The van der Waals surface area contributed by atoms with E-state index in [4.69, 9.17) is 23.2 Å². The smallest absolute Gasteiger partial charge is 0.255 e. The Bertz CT molecular complexity index is 560. The second-order valence-electron chi connectivity index (χ2n) is 3.97. The number of hydrogen-bond acceptors (Lipinski definition) is 1. The van der Waals surface area contributed by atoms with E-state index in [-0.39, 0.29) is 5.91 Å². The SMILES string of the molecule is C=C(/C=C\C(C)=C/C)NC(=O)c1ccc(Cl)c(Cl)c1.CC. The Kier molecular flexibility index (Phi) is 9.51. The van der Waals surface area contributed by atoms with E-state index in [0.29, 0.717) is 21.3 Å². The lowest BCUT2D eigenvalue weighted by atomic mass is 10.2. The number of carbonyl (C=O) groups is 1. The first-order valence-electron chi connectivity index (χ1n) is 6.70. The lowest BCUT2D eigenvalue weighted by Gasteiger charge is -2.05. The van der Waals surface area contributed by atoms with Gasteiger partial charge in [0, 0.05) is 11.3 Å². The average Bonchev–Trinajstić information content (AvgIpc) is 2.49. The molecule has 0 saturated carbocycles. The van der Waals surface area contributed by atoms with Crippen molar-refractivity contribution < 1.29 is 4.79 Å². The molecule has 0 saturated heterocycles. The van der Waals surface area contributed by atoms with Gasteiger partial charge in [0.25, 0.3) is 5.91 Å². The van der Waals surface area contributed by atoms with Crippen LogP contribution in [0.1, 0.15) is 38.1 Å². The molecule has 1 aromatic carbocycles. The third-order valence-corrected chi connectivity index (χ3v) is 3.20. The van der Waals surface area contributed by atoms with Crippen molar-refractivity contribution in [2.24, 2.45) is 0 Å². The number of carbonyl (C=O) groups excluding carboxylic acids is 1. The summed E-state index contributed by atoms with van der Waals surface area (Å²) < 4.78 is 0. The van der Waals surface area contributed by atoms with Crippen molar-refractivity contribution >= 4 is 29.1 Å². The van der Waals surface area contributed by atoms with E-state index in [9.17, 15) is 4.79 Å². The monoisotopic (exact) mass is 325 g/mol. The molecule has 1 N–H and O–H groups in total. The van der Waals surface area contributed by atoms with Crippen molar-refractivity contribution in [3.8, 4) is 0 Å². The Balaban J connectivity index is 0.00000191. The van der Waals surface area contributed by atoms with Crippen LogP contribution in [0.2, 0.25) is 10.0 Å². The molecule has 0 aliphatic rings. The Labute approximate surface area is 137 Å². The first-order valence-corrected chi connectivity index (χ1v) is 7.46. The van der Waals surface area contributed by atoms with Crippen LogP contribution >= 0.6 is 23.2 Å². The second-order valence-corrected chi connectivity index (χ2v) is 4.79. The Morgan fingerprint density at radius 3 is 2.33 bits per heavy atom. The number of halogens is 2. The minimum absolute atomic E-state index is 0.272. The molecule has 21 heavy (non-hydrogen) atoms. The minimum atomic E-state index is -0.272. The molecule has 0 spiro atoms. The zero-order valence-corrected chi connectivity index (χ0v) is 14.3. The van der Waals surface area contributed by atoms with Crippen molar-refractivity contribution in [2.45, 2.75) is 27.7 Å². The van der Waals surface area contributed by atoms with Crippen LogP contribution in [0.4, 0.5) is 0 Å². The van der Waals surface area contributed by atoms with Crippen LogP contribution in [0.15, 0.2) is 54.3 Å². The van der Waals surface area contributed by atoms with E-state index in [1.807, 2.05) is 39.8 Å². The van der Waals surface area contributed by atoms with Gasteiger partial charge in [-0.25, -0.2) is 0 Å². The van der Waals surface area contributed by atoms with Crippen LogP contribution in [0.25, 0.3) is 0 Å². The molecule has 0 heterocycles. The number of allylic oxidation sites excluding steroid dienone is 4. The van der Waals surface area contributed by atoms with Crippen LogP contribution in [-0.4, -0.2) is 5.91 Å². The maximum atomic E-state index is 11.9. The number of nitrogens with one attached hydrogen (secondary N) is 1. The van der Waals surface area contributed by atoms with Gasteiger partial charge in [0.05, 0.1) is 10.0 Å². The molecular weight excluding hydrogens is 305 g/mol. The average molecular weight is 326 g/mol. The molecule has 0 bridgehead atoms. The van der Waals surface area contributed by atoms with Gasteiger partial charge >= 0.3 is 0 Å². The Morgan fingerprint density at radius 1 is 1.19 bits per heavy atom. The number of rotatable bonds is 4. The predicted octanol–water partition coefficient (Wildman–Crippen LogP) is 5.79. The molecule has 4 heteroatoms. The van der Waals surface area contributed by atoms with Crippen LogP contribution in [0.3, 0.4) is 0 Å². The summed E-state index contributed by atoms with van der Waals surface area (Å²) in [6, 6.07) is 4.71. The number of benzene rings is 1. The summed E-state index contributed by atoms with van der Waals surface area (Å²) in [6.07, 6.45) is 5.58. The Morgan fingerprint density at radius 2 is 1.81 bits per heavy atom. The van der Waals surface area contributed by atoms with Gasteiger partial charge in [-0.3, -0.25) is 4.79 Å². The zero-order valence-electron chi connectivity index (χ0n) is 12.8. The molecule has 0 unspecified atom stereocenters. The summed E-state index contributed by atoms with van der Waals surface area (Å²) in [4.78, 5) is 11.9. The third-order valence-electron chi connectivity index (χ3n) is 2.46. The maximum absolute atomic E-state index is 11.9. The van der Waals surface area contributed by atoms with E-state index >= 15 is 0 Å². The molecule has 0 aliphatic heterocycles. The van der Waals surface area contributed by atoms with Gasteiger partial charge in [-0.15, -0.1) is 0 Å². The van der Waals surface area contributed by atoms with Crippen molar-refractivity contribution in [1.29, 1.82) is 0 Å². The highest BCUT2D eigenvalue weighted by Crippen LogP contribution is 2.22. The highest BCUT2D eigenvalue weighted by atomic mass is 35.5. The van der Waals surface area contributed by atoms with Crippen molar-refractivity contribution in [3.05, 3.63) is 69.9 Å². The molecule has 0 aromatic heterocycles. The van der Waals surface area contributed by atoms with Crippen LogP contribution in [-0.2, 0) is 0 Å². The van der Waals surface area contributed by atoms with Gasteiger partial charge in [0.2, 0.25) is 0 Å². The molecule has 114 valence electrons. The van der Waals surface area contributed by atoms with Crippen LogP contribution in [0.5, 0.6) is 0 Å². The molecule has 0 radical (unpaired) electrons. The largest absolute Gasteiger partial charge is 0.323 e. The van der Waals surface area contributed by atoms with Crippen LogP contribution in [0, 0.1) is 0 Å². The minimum Gasteiger partial charge on any atom is -0.323 e. The fourth-order valence-electron chi connectivity index (χ4n) is 1.23. The fourth-order valence-corrected chi connectivity index (χ4v) is 1.52. The predicted molar refractivity (Wildman–Crippen MR) is 93.0 cm³/mol. The highest BCUT2D eigenvalue weighted by Gasteiger charge is 2.07. The zero-order chi connectivity index (χ0) is 16.4. The molecule has 0 fully saturated rings. The topological polar surface area (TPSA) is 29.1 Å². The summed E-state index contributed by atoms with van der Waals surface area (Å²) >= 11 is 11.7. The summed E-state index contributed by atoms with van der Waals surface area (Å²) in [5.74, 6) is -0.272. The van der Waals surface area contributed by atoms with Gasteiger partial charge in [0.15, 0.2) is 0 Å². The van der Waals surface area contributed by atoms with E-state index in [1.165, 1.54) is 6.07 Å².